The maximum absolute atomic E-state index is 12.2. The van der Waals surface area contributed by atoms with E-state index in [0.717, 1.165) is 5.22 Å². The number of carbonyl (C=O) groups is 1. The van der Waals surface area contributed by atoms with Gasteiger partial charge in [-0.05, 0) is 56.6 Å². The molecule has 1 unspecified atom stereocenters. The molecule has 2 saturated heterocycles. The average molecular weight is 371 g/mol. The summed E-state index contributed by atoms with van der Waals surface area (Å²) in [5.41, 5.74) is 0.570. The van der Waals surface area contributed by atoms with Crippen LogP contribution in [-0.2, 0) is 0 Å². The maximum Gasteiger partial charge on any atom is 0.280 e. The number of rotatable bonds is 5. The molecule has 4 rings (SSSR count). The summed E-state index contributed by atoms with van der Waals surface area (Å²) in [6, 6.07) is 6.19. The summed E-state index contributed by atoms with van der Waals surface area (Å²) in [4.78, 5) is 23.6. The van der Waals surface area contributed by atoms with E-state index in [0.29, 0.717) is 33.8 Å². The number of likely N-dealkylation sites (tertiary alicyclic amines) is 1. The summed E-state index contributed by atoms with van der Waals surface area (Å²) < 4.78 is 0. The highest BCUT2D eigenvalue weighted by Gasteiger charge is 2.24. The fraction of sp³-hybridized carbons (Fsp3) is 0.550. The number of carbonyl (C=O) groups excluding carboxylic acids is 1. The highest BCUT2D eigenvalue weighted by Crippen LogP contribution is 2.24. The van der Waals surface area contributed by atoms with Crippen molar-refractivity contribution in [3.63, 3.8) is 0 Å². The first-order valence-electron chi connectivity index (χ1n) is 9.55. The van der Waals surface area contributed by atoms with Gasteiger partial charge in [0, 0.05) is 17.8 Å². The lowest BCUT2D eigenvalue weighted by Gasteiger charge is -2.33. The van der Waals surface area contributed by atoms with Crippen LogP contribution in [0.5, 0.6) is 0 Å². The molecule has 138 valence electrons. The van der Waals surface area contributed by atoms with Crippen LogP contribution in [0.15, 0.2) is 28.2 Å². The molecule has 0 aromatic heterocycles. The quantitative estimate of drug-likeness (QED) is 0.847. The number of hydrogen-bond acceptors (Lipinski definition) is 5. The number of aliphatic imine (C=N–C) groups is 1. The first-order chi connectivity index (χ1) is 12.7. The zero-order valence-electron chi connectivity index (χ0n) is 15.1. The second-order valence-corrected chi connectivity index (χ2v) is 8.65. The molecule has 0 aliphatic carbocycles. The van der Waals surface area contributed by atoms with Gasteiger partial charge >= 0.3 is 0 Å². The molecular formula is C20H26N4OS. The third kappa shape index (κ3) is 4.08. The predicted octanol–water partition coefficient (Wildman–Crippen LogP) is 1.22. The fourth-order valence-electron chi connectivity index (χ4n) is 3.97. The first-order valence-corrected chi connectivity index (χ1v) is 10.6. The molecule has 26 heavy (non-hydrogen) atoms. The van der Waals surface area contributed by atoms with E-state index in [1.807, 2.05) is 23.9 Å². The van der Waals surface area contributed by atoms with Gasteiger partial charge in [-0.25, -0.2) is 4.99 Å². The summed E-state index contributed by atoms with van der Waals surface area (Å²) in [6.45, 7) is 8.70. The minimum Gasteiger partial charge on any atom is -0.313 e. The van der Waals surface area contributed by atoms with Crippen LogP contribution in [-0.4, -0.2) is 59.9 Å². The van der Waals surface area contributed by atoms with Gasteiger partial charge in [0.05, 0.1) is 16.7 Å². The molecule has 0 spiro atoms. The van der Waals surface area contributed by atoms with Crippen molar-refractivity contribution >= 4 is 30.1 Å². The van der Waals surface area contributed by atoms with Gasteiger partial charge in [0.1, 0.15) is 5.84 Å². The summed E-state index contributed by atoms with van der Waals surface area (Å²) in [7, 11) is 0. The Morgan fingerprint density at radius 2 is 2.08 bits per heavy atom. The zero-order valence-corrected chi connectivity index (χ0v) is 15.9. The SMILES string of the molecule is C=c1cccc2c1=NC(CSC1CCN(CC3CCCN3)CC1)=NC2=O. The number of para-hydroxylation sites is 1. The minimum atomic E-state index is -0.185. The number of fused-ring (bicyclic) bond motifs is 1. The average Bonchev–Trinajstić information content (AvgIpc) is 3.15. The van der Waals surface area contributed by atoms with Gasteiger partial charge in [-0.2, -0.15) is 16.8 Å². The zero-order chi connectivity index (χ0) is 17.9. The van der Waals surface area contributed by atoms with Crippen LogP contribution in [0.3, 0.4) is 0 Å². The molecule has 3 aliphatic rings. The van der Waals surface area contributed by atoms with E-state index in [2.05, 4.69) is 26.8 Å². The number of nitrogens with zero attached hydrogens (tertiary/aromatic N) is 3. The molecule has 1 atom stereocenters. The van der Waals surface area contributed by atoms with E-state index < -0.39 is 0 Å². The molecular weight excluding hydrogens is 344 g/mol. The highest BCUT2D eigenvalue weighted by atomic mass is 32.2. The van der Waals surface area contributed by atoms with E-state index >= 15 is 0 Å². The number of thioether (sulfide) groups is 1. The first kappa shape index (κ1) is 17.9. The van der Waals surface area contributed by atoms with E-state index in [4.69, 9.17) is 0 Å². The smallest absolute Gasteiger partial charge is 0.280 e. The van der Waals surface area contributed by atoms with E-state index in [1.54, 1.807) is 6.07 Å². The van der Waals surface area contributed by atoms with Gasteiger partial charge in [0.25, 0.3) is 5.91 Å². The minimum absolute atomic E-state index is 0.185. The predicted molar refractivity (Wildman–Crippen MR) is 107 cm³/mol. The molecule has 0 bridgehead atoms. The molecule has 1 aromatic carbocycles. The third-order valence-corrected chi connectivity index (χ3v) is 6.81. The highest BCUT2D eigenvalue weighted by molar-refractivity contribution is 8.00. The molecule has 0 radical (unpaired) electrons. The molecule has 1 N–H and O–H groups in total. The summed E-state index contributed by atoms with van der Waals surface area (Å²) in [5.74, 6) is 1.16. The molecule has 1 aromatic rings. The Balaban J connectivity index is 1.30. The van der Waals surface area contributed by atoms with Gasteiger partial charge in [0.2, 0.25) is 0 Å². The lowest BCUT2D eigenvalue weighted by Crippen LogP contribution is -2.42. The van der Waals surface area contributed by atoms with Gasteiger partial charge in [-0.1, -0.05) is 18.7 Å². The number of benzene rings is 1. The monoisotopic (exact) mass is 370 g/mol. The van der Waals surface area contributed by atoms with Crippen molar-refractivity contribution in [1.82, 2.24) is 10.2 Å². The van der Waals surface area contributed by atoms with Crippen molar-refractivity contribution in [2.75, 3.05) is 31.9 Å². The maximum atomic E-state index is 12.2. The second-order valence-electron chi connectivity index (χ2n) is 7.36. The molecule has 6 heteroatoms. The third-order valence-electron chi connectivity index (χ3n) is 5.45. The summed E-state index contributed by atoms with van der Waals surface area (Å²) in [6.07, 6.45) is 5.05. The molecule has 1 amide bonds. The lowest BCUT2D eigenvalue weighted by atomic mass is 10.1. The largest absolute Gasteiger partial charge is 0.313 e. The van der Waals surface area contributed by atoms with E-state index in [9.17, 15) is 4.79 Å². The van der Waals surface area contributed by atoms with Crippen molar-refractivity contribution in [1.29, 1.82) is 0 Å². The van der Waals surface area contributed by atoms with Crippen molar-refractivity contribution in [3.05, 3.63) is 34.3 Å². The molecule has 5 nitrogen and oxygen atoms in total. The van der Waals surface area contributed by atoms with E-state index in [1.165, 1.54) is 51.9 Å². The van der Waals surface area contributed by atoms with Crippen molar-refractivity contribution in [2.24, 2.45) is 9.98 Å². The standard InChI is InChI=1S/C20H26N4OS/c1-14-4-2-6-17-19(14)22-18(23-20(17)25)13-26-16-7-10-24(11-8-16)12-15-5-3-9-21-15/h2,4,6,15-16,21H,1,3,5,7-13H2. The van der Waals surface area contributed by atoms with Crippen LogP contribution in [0.4, 0.5) is 0 Å². The number of amidine groups is 1. The molecule has 3 heterocycles. The fourth-order valence-corrected chi connectivity index (χ4v) is 5.03. The van der Waals surface area contributed by atoms with Gasteiger partial charge in [0.15, 0.2) is 0 Å². The van der Waals surface area contributed by atoms with Gasteiger partial charge in [-0.3, -0.25) is 4.79 Å². The van der Waals surface area contributed by atoms with Gasteiger partial charge in [-0.15, -0.1) is 0 Å². The van der Waals surface area contributed by atoms with Crippen molar-refractivity contribution in [3.8, 4) is 0 Å². The Labute approximate surface area is 158 Å². The summed E-state index contributed by atoms with van der Waals surface area (Å²) in [5, 5.41) is 5.71. The van der Waals surface area contributed by atoms with Gasteiger partial charge < -0.3 is 10.2 Å². The summed E-state index contributed by atoms with van der Waals surface area (Å²) >= 11 is 1.89. The Kier molecular flexibility index (Phi) is 5.52. The Hall–Kier alpha value is -1.50. The topological polar surface area (TPSA) is 57.1 Å². The molecule has 2 fully saturated rings. The number of amides is 1. The van der Waals surface area contributed by atoms with Crippen LogP contribution < -0.4 is 15.9 Å². The molecule has 3 aliphatic heterocycles. The Morgan fingerprint density at radius 1 is 1.23 bits per heavy atom. The molecule has 0 saturated carbocycles. The number of nitrogens with one attached hydrogen (secondary N) is 1. The van der Waals surface area contributed by atoms with Crippen LogP contribution in [0, 0.1) is 0 Å². The van der Waals surface area contributed by atoms with Crippen LogP contribution in [0.2, 0.25) is 0 Å². The lowest BCUT2D eigenvalue weighted by molar-refractivity contribution is 0.1000. The van der Waals surface area contributed by atoms with Crippen LogP contribution >= 0.6 is 11.8 Å². The van der Waals surface area contributed by atoms with Crippen LogP contribution in [0.1, 0.15) is 36.0 Å². The van der Waals surface area contributed by atoms with Crippen molar-refractivity contribution in [2.45, 2.75) is 37.0 Å². The Bertz CT molecular complexity index is 808. The van der Waals surface area contributed by atoms with Crippen molar-refractivity contribution < 1.29 is 4.79 Å². The Morgan fingerprint density at radius 3 is 2.85 bits per heavy atom. The number of hydrogen-bond donors (Lipinski definition) is 1. The van der Waals surface area contributed by atoms with Crippen LogP contribution in [0.25, 0.3) is 6.58 Å². The number of piperidine rings is 1. The normalized spacial score (nSPS) is 24.2. The van der Waals surface area contributed by atoms with E-state index in [-0.39, 0.29) is 5.91 Å². The second kappa shape index (κ2) is 8.03.